The Labute approximate surface area is 113 Å². The molecule has 1 fully saturated rings. The molecule has 0 spiro atoms. The summed E-state index contributed by atoms with van der Waals surface area (Å²) in [5.74, 6) is 0.845. The average Bonchev–Trinajstić information content (AvgIpc) is 2.33. The zero-order valence-corrected chi connectivity index (χ0v) is 12.2. The van der Waals surface area contributed by atoms with Gasteiger partial charge in [-0.2, -0.15) is 0 Å². The van der Waals surface area contributed by atoms with Crippen molar-refractivity contribution >= 4 is 15.9 Å². The summed E-state index contributed by atoms with van der Waals surface area (Å²) in [5.41, 5.74) is 9.00. The quantitative estimate of drug-likeness (QED) is 0.857. The van der Waals surface area contributed by atoms with Crippen LogP contribution in [0.25, 0.3) is 0 Å². The van der Waals surface area contributed by atoms with Crippen molar-refractivity contribution in [2.75, 3.05) is 0 Å². The first-order chi connectivity index (χ1) is 8.16. The second-order valence-electron chi connectivity index (χ2n) is 5.35. The molecular weight excluding hydrogens is 274 g/mol. The summed E-state index contributed by atoms with van der Waals surface area (Å²) < 4.78 is 1.14. The smallest absolute Gasteiger partial charge is 0.0300 e. The van der Waals surface area contributed by atoms with Gasteiger partial charge in [0.2, 0.25) is 0 Å². The third-order valence-corrected chi connectivity index (χ3v) is 4.45. The molecule has 1 saturated carbocycles. The van der Waals surface area contributed by atoms with Crippen molar-refractivity contribution in [3.8, 4) is 0 Å². The molecule has 2 N–H and O–H groups in total. The molecule has 1 aromatic carbocycles. The van der Waals surface area contributed by atoms with Crippen LogP contribution in [0.5, 0.6) is 0 Å². The summed E-state index contributed by atoms with van der Waals surface area (Å²) >= 11 is 3.53. The highest BCUT2D eigenvalue weighted by molar-refractivity contribution is 9.10. The van der Waals surface area contributed by atoms with Gasteiger partial charge in [-0.25, -0.2) is 0 Å². The Kier molecular flexibility index (Phi) is 4.63. The summed E-state index contributed by atoms with van der Waals surface area (Å²) in [5, 5.41) is 0. The lowest BCUT2D eigenvalue weighted by molar-refractivity contribution is 0.319. The molecule has 2 heteroatoms. The van der Waals surface area contributed by atoms with Crippen LogP contribution < -0.4 is 5.73 Å². The maximum atomic E-state index is 6.37. The van der Waals surface area contributed by atoms with Gasteiger partial charge in [-0.1, -0.05) is 54.1 Å². The first-order valence-electron chi connectivity index (χ1n) is 6.68. The van der Waals surface area contributed by atoms with E-state index in [0.717, 1.165) is 16.8 Å². The zero-order chi connectivity index (χ0) is 12.3. The number of benzene rings is 1. The highest BCUT2D eigenvalue weighted by Gasteiger charge is 2.18. The van der Waals surface area contributed by atoms with Crippen molar-refractivity contribution in [1.82, 2.24) is 0 Å². The predicted octanol–water partition coefficient (Wildman–Crippen LogP) is 4.73. The van der Waals surface area contributed by atoms with E-state index in [1.165, 1.54) is 43.2 Å². The third-order valence-electron chi connectivity index (χ3n) is 3.95. The molecule has 94 valence electrons. The van der Waals surface area contributed by atoms with Crippen LogP contribution in [0.2, 0.25) is 0 Å². The molecule has 1 aliphatic rings. The van der Waals surface area contributed by atoms with E-state index in [-0.39, 0.29) is 6.04 Å². The predicted molar refractivity (Wildman–Crippen MR) is 77.0 cm³/mol. The lowest BCUT2D eigenvalue weighted by Gasteiger charge is -2.25. The lowest BCUT2D eigenvalue weighted by atomic mass is 9.83. The first-order valence-corrected chi connectivity index (χ1v) is 7.48. The zero-order valence-electron chi connectivity index (χ0n) is 10.6. The molecule has 0 bridgehead atoms. The molecule has 0 aliphatic heterocycles. The molecule has 17 heavy (non-hydrogen) atoms. The van der Waals surface area contributed by atoms with Crippen molar-refractivity contribution in [3.63, 3.8) is 0 Å². The van der Waals surface area contributed by atoms with Crippen molar-refractivity contribution in [2.45, 2.75) is 51.5 Å². The SMILES string of the molecule is Cc1ccc(Br)cc1C(N)CC1CCCCC1. The molecule has 1 unspecified atom stereocenters. The van der Waals surface area contributed by atoms with Crippen molar-refractivity contribution in [3.05, 3.63) is 33.8 Å². The van der Waals surface area contributed by atoms with E-state index in [1.807, 2.05) is 0 Å². The number of nitrogens with two attached hydrogens (primary N) is 1. The van der Waals surface area contributed by atoms with Gasteiger partial charge in [0.25, 0.3) is 0 Å². The lowest BCUT2D eigenvalue weighted by Crippen LogP contribution is -2.18. The van der Waals surface area contributed by atoms with Gasteiger partial charge in [0, 0.05) is 10.5 Å². The fraction of sp³-hybridized carbons (Fsp3) is 0.600. The van der Waals surface area contributed by atoms with Gasteiger partial charge in [0.15, 0.2) is 0 Å². The third kappa shape index (κ3) is 3.56. The molecule has 0 heterocycles. The second-order valence-corrected chi connectivity index (χ2v) is 6.26. The van der Waals surface area contributed by atoms with E-state index >= 15 is 0 Å². The normalized spacial score (nSPS) is 19.2. The van der Waals surface area contributed by atoms with E-state index in [1.54, 1.807) is 0 Å². The van der Waals surface area contributed by atoms with Gasteiger partial charge in [-0.3, -0.25) is 0 Å². The Morgan fingerprint density at radius 3 is 2.71 bits per heavy atom. The van der Waals surface area contributed by atoms with Gasteiger partial charge in [0.05, 0.1) is 0 Å². The van der Waals surface area contributed by atoms with Crippen LogP contribution in [-0.2, 0) is 0 Å². The molecule has 0 saturated heterocycles. The Morgan fingerprint density at radius 2 is 2.00 bits per heavy atom. The number of aryl methyl sites for hydroxylation is 1. The van der Waals surface area contributed by atoms with Gasteiger partial charge < -0.3 is 5.73 Å². The molecule has 2 rings (SSSR count). The van der Waals surface area contributed by atoms with Crippen LogP contribution in [0.3, 0.4) is 0 Å². The van der Waals surface area contributed by atoms with Crippen LogP contribution in [0, 0.1) is 12.8 Å². The van der Waals surface area contributed by atoms with Gasteiger partial charge in [-0.15, -0.1) is 0 Å². The van der Waals surface area contributed by atoms with Crippen LogP contribution in [0.4, 0.5) is 0 Å². The van der Waals surface area contributed by atoms with E-state index in [4.69, 9.17) is 5.73 Å². The Bertz CT molecular complexity index is 369. The summed E-state index contributed by atoms with van der Waals surface area (Å²) in [6, 6.07) is 6.63. The Morgan fingerprint density at radius 1 is 1.29 bits per heavy atom. The largest absolute Gasteiger partial charge is 0.324 e. The van der Waals surface area contributed by atoms with E-state index in [0.29, 0.717) is 0 Å². The van der Waals surface area contributed by atoms with Gasteiger partial charge in [0.1, 0.15) is 0 Å². The number of halogens is 1. The standard InChI is InChI=1S/C15H22BrN/c1-11-7-8-13(16)10-14(11)15(17)9-12-5-3-2-4-6-12/h7-8,10,12,15H,2-6,9,17H2,1H3. The minimum absolute atomic E-state index is 0.204. The molecule has 1 aromatic rings. The van der Waals surface area contributed by atoms with Crippen LogP contribution >= 0.6 is 15.9 Å². The minimum atomic E-state index is 0.204. The van der Waals surface area contributed by atoms with Gasteiger partial charge in [-0.05, 0) is 42.5 Å². The summed E-state index contributed by atoms with van der Waals surface area (Å²) in [6.45, 7) is 2.16. The van der Waals surface area contributed by atoms with E-state index < -0.39 is 0 Å². The fourth-order valence-corrected chi connectivity index (χ4v) is 3.30. The molecule has 1 aliphatic carbocycles. The Balaban J connectivity index is 2.02. The minimum Gasteiger partial charge on any atom is -0.324 e. The molecule has 0 amide bonds. The fourth-order valence-electron chi connectivity index (χ4n) is 2.92. The number of hydrogen-bond acceptors (Lipinski definition) is 1. The van der Waals surface area contributed by atoms with E-state index in [2.05, 4.69) is 41.1 Å². The van der Waals surface area contributed by atoms with Crippen molar-refractivity contribution < 1.29 is 0 Å². The van der Waals surface area contributed by atoms with Crippen molar-refractivity contribution in [2.24, 2.45) is 11.7 Å². The van der Waals surface area contributed by atoms with Crippen LogP contribution in [0.1, 0.15) is 55.7 Å². The molecule has 1 nitrogen and oxygen atoms in total. The number of hydrogen-bond donors (Lipinski definition) is 1. The molecule has 0 aromatic heterocycles. The summed E-state index contributed by atoms with van der Waals surface area (Å²) in [4.78, 5) is 0. The summed E-state index contributed by atoms with van der Waals surface area (Å²) in [6.07, 6.45) is 8.12. The molecule has 1 atom stereocenters. The molecular formula is C15H22BrN. The highest BCUT2D eigenvalue weighted by Crippen LogP contribution is 2.32. The van der Waals surface area contributed by atoms with Gasteiger partial charge >= 0.3 is 0 Å². The first kappa shape index (κ1) is 13.1. The van der Waals surface area contributed by atoms with E-state index in [9.17, 15) is 0 Å². The van der Waals surface area contributed by atoms with Crippen LogP contribution in [0.15, 0.2) is 22.7 Å². The van der Waals surface area contributed by atoms with Crippen LogP contribution in [-0.4, -0.2) is 0 Å². The molecule has 0 radical (unpaired) electrons. The monoisotopic (exact) mass is 295 g/mol. The second kappa shape index (κ2) is 6.01. The maximum absolute atomic E-state index is 6.37. The highest BCUT2D eigenvalue weighted by atomic mass is 79.9. The maximum Gasteiger partial charge on any atom is 0.0300 e. The Hall–Kier alpha value is -0.340. The topological polar surface area (TPSA) is 26.0 Å². The van der Waals surface area contributed by atoms with Crippen molar-refractivity contribution in [1.29, 1.82) is 0 Å². The summed E-state index contributed by atoms with van der Waals surface area (Å²) in [7, 11) is 0. The number of rotatable bonds is 3. The average molecular weight is 296 g/mol.